The third-order valence-electron chi connectivity index (χ3n) is 8.03. The number of hydrogen-bond donors (Lipinski definition) is 1. The average Bonchev–Trinajstić information content (AvgIpc) is 3.52. The quantitative estimate of drug-likeness (QED) is 0.175. The molecule has 47 heavy (non-hydrogen) atoms. The molecular formula is C37H37N3O6S. The Morgan fingerprint density at radius 1 is 1.06 bits per heavy atom. The number of fused-ring (bicyclic) bond motifs is 2. The normalized spacial score (nSPS) is 15.6. The summed E-state index contributed by atoms with van der Waals surface area (Å²) in [6.45, 7) is 9.84. The number of ether oxygens (including phenoxy) is 2. The lowest BCUT2D eigenvalue weighted by atomic mass is 9.77. The summed E-state index contributed by atoms with van der Waals surface area (Å²) in [7, 11) is 0. The Balaban J connectivity index is 1.29. The minimum atomic E-state index is -1.18. The van der Waals surface area contributed by atoms with Crippen LogP contribution in [0.4, 0.5) is 5.00 Å². The van der Waals surface area contributed by atoms with Crippen molar-refractivity contribution in [3.63, 3.8) is 0 Å². The first-order valence-electron chi connectivity index (χ1n) is 15.6. The van der Waals surface area contributed by atoms with E-state index >= 15 is 0 Å². The number of carbonyl (C=O) groups is 4. The maximum absolute atomic E-state index is 13.3. The van der Waals surface area contributed by atoms with Gasteiger partial charge in [-0.15, -0.1) is 11.3 Å². The second-order valence-corrected chi connectivity index (χ2v) is 13.6. The number of benzene rings is 2. The number of nitrogens with zero attached hydrogens (tertiary/aromatic N) is 2. The second-order valence-electron chi connectivity index (χ2n) is 12.6. The maximum Gasteiger partial charge on any atom is 0.329 e. The summed E-state index contributed by atoms with van der Waals surface area (Å²) in [5.41, 5.74) is 3.32. The lowest BCUT2D eigenvalue weighted by molar-refractivity contribution is -0.151. The Kier molecular flexibility index (Phi) is 9.77. The molecule has 10 heteroatoms. The van der Waals surface area contributed by atoms with Crippen molar-refractivity contribution in [2.75, 3.05) is 18.5 Å². The highest BCUT2D eigenvalue weighted by Gasteiger charge is 2.43. The van der Waals surface area contributed by atoms with Crippen molar-refractivity contribution >= 4 is 52.2 Å². The lowest BCUT2D eigenvalue weighted by Crippen LogP contribution is -2.46. The van der Waals surface area contributed by atoms with Crippen LogP contribution in [0.5, 0.6) is 5.75 Å². The molecule has 2 aromatic carbocycles. The predicted octanol–water partition coefficient (Wildman–Crippen LogP) is 6.99. The molecule has 0 saturated carbocycles. The molecule has 1 aliphatic carbocycles. The summed E-state index contributed by atoms with van der Waals surface area (Å²) in [6.07, 6.45) is 6.96. The number of hydrogen-bond acceptors (Lipinski definition) is 8. The Labute approximate surface area is 278 Å². The molecule has 0 radical (unpaired) electrons. The fraction of sp³-hybridized carbons (Fsp3) is 0.324. The van der Waals surface area contributed by atoms with E-state index in [1.165, 1.54) is 11.3 Å². The highest BCUT2D eigenvalue weighted by molar-refractivity contribution is 7.17. The van der Waals surface area contributed by atoms with Crippen molar-refractivity contribution in [2.45, 2.75) is 58.9 Å². The van der Waals surface area contributed by atoms with Crippen molar-refractivity contribution in [3.8, 4) is 11.8 Å². The largest absolute Gasteiger partial charge is 0.494 e. The van der Waals surface area contributed by atoms with Gasteiger partial charge in [0, 0.05) is 15.9 Å². The van der Waals surface area contributed by atoms with Crippen LogP contribution in [0, 0.1) is 17.2 Å². The zero-order valence-electron chi connectivity index (χ0n) is 27.1. The summed E-state index contributed by atoms with van der Waals surface area (Å²) >= 11 is 1.33. The zero-order chi connectivity index (χ0) is 33.9. The van der Waals surface area contributed by atoms with Crippen molar-refractivity contribution in [2.24, 2.45) is 5.92 Å². The molecule has 2 heterocycles. The van der Waals surface area contributed by atoms with Gasteiger partial charge >= 0.3 is 5.97 Å². The van der Waals surface area contributed by atoms with E-state index in [-0.39, 0.29) is 28.9 Å². The third kappa shape index (κ3) is 7.05. The monoisotopic (exact) mass is 651 g/mol. The maximum atomic E-state index is 13.3. The molecule has 5 rings (SSSR count). The first kappa shape index (κ1) is 33.4. The molecule has 0 bridgehead atoms. The molecule has 242 valence electrons. The van der Waals surface area contributed by atoms with Gasteiger partial charge in [-0.05, 0) is 67.2 Å². The van der Waals surface area contributed by atoms with Gasteiger partial charge in [0.25, 0.3) is 17.7 Å². The van der Waals surface area contributed by atoms with E-state index < -0.39 is 36.3 Å². The van der Waals surface area contributed by atoms with E-state index in [0.717, 1.165) is 38.6 Å². The number of nitriles is 1. The van der Waals surface area contributed by atoms with E-state index in [1.54, 1.807) is 24.3 Å². The van der Waals surface area contributed by atoms with Gasteiger partial charge in [-0.3, -0.25) is 19.3 Å². The van der Waals surface area contributed by atoms with Crippen LogP contribution in [0.3, 0.4) is 0 Å². The van der Waals surface area contributed by atoms with E-state index in [2.05, 4.69) is 25.2 Å². The van der Waals surface area contributed by atoms with Crippen LogP contribution in [0.2, 0.25) is 0 Å². The number of nitrogens with one attached hydrogen (secondary N) is 1. The minimum Gasteiger partial charge on any atom is -0.494 e. The zero-order valence-corrected chi connectivity index (χ0v) is 27.9. The van der Waals surface area contributed by atoms with Crippen molar-refractivity contribution < 1.29 is 28.7 Å². The van der Waals surface area contributed by atoms with E-state index in [4.69, 9.17) is 9.47 Å². The highest BCUT2D eigenvalue weighted by Crippen LogP contribution is 2.47. The molecule has 0 fully saturated rings. The number of esters is 1. The van der Waals surface area contributed by atoms with Crippen LogP contribution in [0.25, 0.3) is 12.2 Å². The SMILES string of the molecule is CCOc1ccc(C=CC2=Cc3c(sc(NC(=O)COC(=O)C(CC(C)C)N4C(=O)c5ccccc5C4=O)c3C#N)C(C)(C)C2)cc1. The molecule has 1 aliphatic heterocycles. The Morgan fingerprint density at radius 2 is 1.72 bits per heavy atom. The molecule has 0 spiro atoms. The Morgan fingerprint density at radius 3 is 2.32 bits per heavy atom. The number of rotatable bonds is 11. The summed E-state index contributed by atoms with van der Waals surface area (Å²) in [5.74, 6) is -1.83. The van der Waals surface area contributed by atoms with Gasteiger partial charge in [-0.1, -0.05) is 64.1 Å². The Bertz CT molecular complexity index is 1790. The molecule has 9 nitrogen and oxygen atoms in total. The first-order chi connectivity index (χ1) is 22.4. The van der Waals surface area contributed by atoms with Gasteiger partial charge in [0.2, 0.25) is 0 Å². The number of anilines is 1. The molecule has 1 unspecified atom stereocenters. The number of amides is 3. The van der Waals surface area contributed by atoms with Gasteiger partial charge in [-0.25, -0.2) is 4.79 Å². The molecule has 0 saturated heterocycles. The van der Waals surface area contributed by atoms with Crippen LogP contribution in [0.15, 0.2) is 60.2 Å². The molecule has 2 aliphatic rings. The van der Waals surface area contributed by atoms with E-state index in [1.807, 2.05) is 63.3 Å². The second kappa shape index (κ2) is 13.8. The molecule has 1 atom stereocenters. The minimum absolute atomic E-state index is 0.0431. The van der Waals surface area contributed by atoms with E-state index in [0.29, 0.717) is 17.2 Å². The van der Waals surface area contributed by atoms with E-state index in [9.17, 15) is 24.4 Å². The molecule has 3 aromatic rings. The number of thiophene rings is 1. The summed E-state index contributed by atoms with van der Waals surface area (Å²) in [6, 6.07) is 15.3. The standard InChI is InChI=1S/C37H37N3O6S/c1-6-45-25-15-13-23(14-16-25)11-12-24-18-28-29(20-38)33(47-32(28)37(4,5)19-24)39-31(41)21-46-36(44)30(17-22(2)3)40-34(42)26-9-7-8-10-27(26)35(40)43/h7-16,18,22,30H,6,17,19,21H2,1-5H3,(H,39,41). The van der Waals surface area contributed by atoms with Crippen LogP contribution < -0.4 is 10.1 Å². The molecule has 1 aromatic heterocycles. The van der Waals surface area contributed by atoms with Crippen LogP contribution >= 0.6 is 11.3 Å². The van der Waals surface area contributed by atoms with Gasteiger partial charge < -0.3 is 14.8 Å². The van der Waals surface area contributed by atoms with Crippen LogP contribution in [-0.2, 0) is 19.7 Å². The Hall–Kier alpha value is -5.01. The van der Waals surface area contributed by atoms with Crippen molar-refractivity contribution in [1.82, 2.24) is 4.90 Å². The number of imide groups is 1. The first-order valence-corrected chi connectivity index (χ1v) is 16.4. The number of allylic oxidation sites excluding steroid dienone is 2. The summed E-state index contributed by atoms with van der Waals surface area (Å²) < 4.78 is 10.9. The highest BCUT2D eigenvalue weighted by atomic mass is 32.1. The van der Waals surface area contributed by atoms with Gasteiger partial charge in [-0.2, -0.15) is 5.26 Å². The molecular weight excluding hydrogens is 614 g/mol. The van der Waals surface area contributed by atoms with Gasteiger partial charge in [0.1, 0.15) is 22.9 Å². The predicted molar refractivity (Wildman–Crippen MR) is 181 cm³/mol. The van der Waals surface area contributed by atoms with Crippen molar-refractivity contribution in [1.29, 1.82) is 5.26 Å². The fourth-order valence-electron chi connectivity index (χ4n) is 5.90. The van der Waals surface area contributed by atoms with Crippen LogP contribution in [0.1, 0.15) is 89.7 Å². The molecule has 3 amide bonds. The smallest absolute Gasteiger partial charge is 0.329 e. The third-order valence-corrected chi connectivity index (χ3v) is 9.52. The van der Waals surface area contributed by atoms with Crippen LogP contribution in [-0.4, -0.2) is 47.8 Å². The van der Waals surface area contributed by atoms with Gasteiger partial charge in [0.15, 0.2) is 6.61 Å². The van der Waals surface area contributed by atoms with Gasteiger partial charge in [0.05, 0.1) is 23.3 Å². The summed E-state index contributed by atoms with van der Waals surface area (Å²) in [4.78, 5) is 54.4. The number of carbonyl (C=O) groups excluding carboxylic acids is 4. The average molecular weight is 652 g/mol. The molecule has 1 N–H and O–H groups in total. The topological polar surface area (TPSA) is 126 Å². The lowest BCUT2D eigenvalue weighted by Gasteiger charge is -2.29. The fourth-order valence-corrected chi connectivity index (χ4v) is 7.15. The summed E-state index contributed by atoms with van der Waals surface area (Å²) in [5, 5.41) is 13.3. The van der Waals surface area contributed by atoms with Crippen molar-refractivity contribution in [3.05, 3.63) is 92.9 Å².